The standard InChI is InChI=1S/C17H32N2O2/c1-6-13(2)8-18-9-14-7-15(10-18)12-19(11-14)16(20)21-17(3,4)5/h13-15H,6-12H2,1-5H3. The molecule has 3 unspecified atom stereocenters. The van der Waals surface area contributed by atoms with Gasteiger partial charge in [-0.3, -0.25) is 0 Å². The summed E-state index contributed by atoms with van der Waals surface area (Å²) in [5, 5.41) is 0. The molecule has 3 atom stereocenters. The molecule has 4 heteroatoms. The van der Waals surface area contributed by atoms with Gasteiger partial charge in [0.25, 0.3) is 0 Å². The van der Waals surface area contributed by atoms with Gasteiger partial charge < -0.3 is 14.5 Å². The molecule has 2 fully saturated rings. The number of rotatable bonds is 3. The predicted molar refractivity (Wildman–Crippen MR) is 85.3 cm³/mol. The third kappa shape index (κ3) is 4.87. The zero-order chi connectivity index (χ0) is 15.6. The Morgan fingerprint density at radius 2 is 1.76 bits per heavy atom. The van der Waals surface area contributed by atoms with E-state index in [1.165, 1.54) is 19.4 Å². The van der Waals surface area contributed by atoms with E-state index in [4.69, 9.17) is 4.74 Å². The van der Waals surface area contributed by atoms with Crippen LogP contribution in [0.3, 0.4) is 0 Å². The van der Waals surface area contributed by atoms with E-state index in [2.05, 4.69) is 18.7 Å². The summed E-state index contributed by atoms with van der Waals surface area (Å²) < 4.78 is 5.52. The van der Waals surface area contributed by atoms with Crippen LogP contribution in [0.25, 0.3) is 0 Å². The van der Waals surface area contributed by atoms with Crippen LogP contribution in [-0.4, -0.2) is 54.2 Å². The van der Waals surface area contributed by atoms with Gasteiger partial charge in [-0.25, -0.2) is 4.79 Å². The normalized spacial score (nSPS) is 28.3. The van der Waals surface area contributed by atoms with Crippen LogP contribution >= 0.6 is 0 Å². The van der Waals surface area contributed by atoms with Gasteiger partial charge in [-0.1, -0.05) is 20.3 Å². The second kappa shape index (κ2) is 6.55. The lowest BCUT2D eigenvalue weighted by Gasteiger charge is -2.46. The predicted octanol–water partition coefficient (Wildman–Crippen LogP) is 3.22. The number of amides is 1. The first-order valence-electron chi connectivity index (χ1n) is 8.47. The molecule has 0 aromatic rings. The van der Waals surface area contributed by atoms with Gasteiger partial charge in [-0.2, -0.15) is 0 Å². The van der Waals surface area contributed by atoms with Crippen molar-refractivity contribution in [3.8, 4) is 0 Å². The number of ether oxygens (including phenoxy) is 1. The van der Waals surface area contributed by atoms with Crippen molar-refractivity contribution in [1.29, 1.82) is 0 Å². The summed E-state index contributed by atoms with van der Waals surface area (Å²) >= 11 is 0. The lowest BCUT2D eigenvalue weighted by Crippen LogP contribution is -2.55. The van der Waals surface area contributed by atoms with Gasteiger partial charge in [0, 0.05) is 32.7 Å². The molecule has 0 aromatic carbocycles. The lowest BCUT2D eigenvalue weighted by molar-refractivity contribution is -0.0114. The highest BCUT2D eigenvalue weighted by atomic mass is 16.6. The van der Waals surface area contributed by atoms with Gasteiger partial charge in [-0.15, -0.1) is 0 Å². The molecule has 2 saturated heterocycles. The molecule has 0 aromatic heterocycles. The third-order valence-corrected chi connectivity index (χ3v) is 4.58. The fraction of sp³-hybridized carbons (Fsp3) is 0.941. The first kappa shape index (κ1) is 16.6. The summed E-state index contributed by atoms with van der Waals surface area (Å²) in [6, 6.07) is 0. The van der Waals surface area contributed by atoms with Crippen LogP contribution in [-0.2, 0) is 4.74 Å². The van der Waals surface area contributed by atoms with Crippen molar-refractivity contribution < 1.29 is 9.53 Å². The van der Waals surface area contributed by atoms with Gasteiger partial charge in [0.2, 0.25) is 0 Å². The highest BCUT2D eigenvalue weighted by molar-refractivity contribution is 5.68. The molecular weight excluding hydrogens is 264 g/mol. The minimum absolute atomic E-state index is 0.132. The Hall–Kier alpha value is -0.770. The summed E-state index contributed by atoms with van der Waals surface area (Å²) in [5.74, 6) is 2.01. The number of nitrogens with zero attached hydrogens (tertiary/aromatic N) is 2. The van der Waals surface area contributed by atoms with Crippen molar-refractivity contribution in [2.45, 2.75) is 53.1 Å². The van der Waals surface area contributed by atoms with E-state index in [0.29, 0.717) is 11.8 Å². The first-order chi connectivity index (χ1) is 9.76. The topological polar surface area (TPSA) is 32.8 Å². The number of fused-ring (bicyclic) bond motifs is 2. The van der Waals surface area contributed by atoms with Crippen molar-refractivity contribution in [2.24, 2.45) is 17.8 Å². The maximum absolute atomic E-state index is 12.2. The lowest BCUT2D eigenvalue weighted by atomic mass is 9.84. The molecule has 0 spiro atoms. The smallest absolute Gasteiger partial charge is 0.410 e. The number of hydrogen-bond donors (Lipinski definition) is 0. The Morgan fingerprint density at radius 3 is 2.24 bits per heavy atom. The van der Waals surface area contributed by atoms with Crippen LogP contribution in [0.4, 0.5) is 4.79 Å². The van der Waals surface area contributed by atoms with E-state index >= 15 is 0 Å². The van der Waals surface area contributed by atoms with Crippen LogP contribution in [0.1, 0.15) is 47.5 Å². The van der Waals surface area contributed by atoms with Crippen molar-refractivity contribution in [2.75, 3.05) is 32.7 Å². The molecule has 2 heterocycles. The second-order valence-corrected chi connectivity index (χ2v) is 8.09. The van der Waals surface area contributed by atoms with Gasteiger partial charge in [0.05, 0.1) is 0 Å². The Balaban J connectivity index is 1.88. The third-order valence-electron chi connectivity index (χ3n) is 4.58. The molecule has 0 aliphatic carbocycles. The van der Waals surface area contributed by atoms with Crippen LogP contribution in [0.5, 0.6) is 0 Å². The van der Waals surface area contributed by atoms with E-state index in [1.807, 2.05) is 25.7 Å². The molecular formula is C17H32N2O2. The average molecular weight is 296 g/mol. The zero-order valence-electron chi connectivity index (χ0n) is 14.4. The highest BCUT2D eigenvalue weighted by Crippen LogP contribution is 2.30. The average Bonchev–Trinajstić information content (AvgIpc) is 2.35. The molecule has 2 rings (SSSR count). The molecule has 4 nitrogen and oxygen atoms in total. The second-order valence-electron chi connectivity index (χ2n) is 8.09. The maximum Gasteiger partial charge on any atom is 0.410 e. The summed E-state index contributed by atoms with van der Waals surface area (Å²) in [4.78, 5) is 16.8. The monoisotopic (exact) mass is 296 g/mol. The number of carbonyl (C=O) groups is 1. The first-order valence-corrected chi connectivity index (χ1v) is 8.47. The van der Waals surface area contributed by atoms with Crippen molar-refractivity contribution in [1.82, 2.24) is 9.80 Å². The van der Waals surface area contributed by atoms with E-state index in [1.54, 1.807) is 0 Å². The van der Waals surface area contributed by atoms with Crippen LogP contribution < -0.4 is 0 Å². The Kier molecular flexibility index (Phi) is 5.18. The molecule has 2 bridgehead atoms. The summed E-state index contributed by atoms with van der Waals surface area (Å²) in [6.07, 6.45) is 2.39. The van der Waals surface area contributed by atoms with Crippen LogP contribution in [0, 0.1) is 17.8 Å². The van der Waals surface area contributed by atoms with Gasteiger partial charge in [0.15, 0.2) is 0 Å². The zero-order valence-corrected chi connectivity index (χ0v) is 14.4. The van der Waals surface area contributed by atoms with E-state index in [0.717, 1.165) is 32.1 Å². The van der Waals surface area contributed by atoms with Gasteiger partial charge in [0.1, 0.15) is 5.60 Å². The summed E-state index contributed by atoms with van der Waals surface area (Å²) in [6.45, 7) is 15.6. The number of likely N-dealkylation sites (tertiary alicyclic amines) is 2. The van der Waals surface area contributed by atoms with Gasteiger partial charge in [-0.05, 0) is 44.9 Å². The fourth-order valence-electron chi connectivity index (χ4n) is 3.58. The summed E-state index contributed by atoms with van der Waals surface area (Å²) in [5.41, 5.74) is -0.397. The minimum Gasteiger partial charge on any atom is -0.444 e. The minimum atomic E-state index is -0.397. The van der Waals surface area contributed by atoms with E-state index < -0.39 is 5.60 Å². The highest BCUT2D eigenvalue weighted by Gasteiger charge is 2.37. The molecule has 1 amide bonds. The number of carbonyl (C=O) groups excluding carboxylic acids is 1. The molecule has 0 radical (unpaired) electrons. The molecule has 122 valence electrons. The molecule has 2 aliphatic rings. The molecule has 21 heavy (non-hydrogen) atoms. The number of hydrogen-bond acceptors (Lipinski definition) is 3. The van der Waals surface area contributed by atoms with Crippen molar-refractivity contribution in [3.05, 3.63) is 0 Å². The molecule has 0 N–H and O–H groups in total. The quantitative estimate of drug-likeness (QED) is 0.801. The van der Waals surface area contributed by atoms with Gasteiger partial charge >= 0.3 is 6.09 Å². The summed E-state index contributed by atoms with van der Waals surface area (Å²) in [7, 11) is 0. The van der Waals surface area contributed by atoms with Crippen LogP contribution in [0.15, 0.2) is 0 Å². The molecule has 0 saturated carbocycles. The van der Waals surface area contributed by atoms with E-state index in [-0.39, 0.29) is 6.09 Å². The SMILES string of the molecule is CCC(C)CN1CC2CC(C1)CN(C(=O)OC(C)(C)C)C2. The Morgan fingerprint density at radius 1 is 1.19 bits per heavy atom. The Labute approximate surface area is 129 Å². The van der Waals surface area contributed by atoms with Crippen molar-refractivity contribution in [3.63, 3.8) is 0 Å². The number of piperidine rings is 2. The largest absolute Gasteiger partial charge is 0.444 e. The van der Waals surface area contributed by atoms with E-state index in [9.17, 15) is 4.79 Å². The maximum atomic E-state index is 12.2. The fourth-order valence-corrected chi connectivity index (χ4v) is 3.58. The molecule has 2 aliphatic heterocycles. The Bertz CT molecular complexity index is 350. The van der Waals surface area contributed by atoms with Crippen LogP contribution in [0.2, 0.25) is 0 Å². The van der Waals surface area contributed by atoms with Crippen molar-refractivity contribution >= 4 is 6.09 Å².